The van der Waals surface area contributed by atoms with Gasteiger partial charge in [0.05, 0.1) is 22.2 Å². The van der Waals surface area contributed by atoms with Crippen LogP contribution in [-0.2, 0) is 4.79 Å². The summed E-state index contributed by atoms with van der Waals surface area (Å²) < 4.78 is 65.9. The quantitative estimate of drug-likeness (QED) is 0.324. The van der Waals surface area contributed by atoms with Crippen molar-refractivity contribution in [3.8, 4) is 11.5 Å². The van der Waals surface area contributed by atoms with Crippen molar-refractivity contribution in [2.45, 2.75) is 37.5 Å². The van der Waals surface area contributed by atoms with Gasteiger partial charge in [0.1, 0.15) is 0 Å². The van der Waals surface area contributed by atoms with Gasteiger partial charge in [-0.25, -0.2) is 13.8 Å². The van der Waals surface area contributed by atoms with Crippen LogP contribution in [0.25, 0.3) is 10.2 Å². The van der Waals surface area contributed by atoms with E-state index in [-0.39, 0.29) is 29.7 Å². The Labute approximate surface area is 194 Å². The zero-order chi connectivity index (χ0) is 24.3. The average molecular weight is 499 g/mol. The Kier molecular flexibility index (Phi) is 5.28. The molecule has 2 N–H and O–H groups in total. The Balaban J connectivity index is 1.29. The first-order valence-electron chi connectivity index (χ1n) is 10.3. The number of pyridine rings is 1. The van der Waals surface area contributed by atoms with Gasteiger partial charge in [0, 0.05) is 48.5 Å². The van der Waals surface area contributed by atoms with Gasteiger partial charge in [-0.05, 0) is 12.5 Å². The maximum Gasteiger partial charge on any atom is 0.586 e. The Morgan fingerprint density at radius 3 is 2.65 bits per heavy atom. The predicted molar refractivity (Wildman–Crippen MR) is 112 cm³/mol. The molecule has 1 fully saturated rings. The van der Waals surface area contributed by atoms with Crippen LogP contribution < -0.4 is 19.5 Å². The number of nitrogens with zero attached hydrogens (tertiary/aromatic N) is 3. The number of thiazole rings is 1. The summed E-state index contributed by atoms with van der Waals surface area (Å²) >= 11 is 1.07. The highest BCUT2D eigenvalue weighted by Crippen LogP contribution is 2.45. The largest absolute Gasteiger partial charge is 0.586 e. The molecule has 2 atom stereocenters. The van der Waals surface area contributed by atoms with E-state index in [1.165, 1.54) is 36.7 Å². The molecule has 2 aliphatic heterocycles. The monoisotopic (exact) mass is 499 g/mol. The van der Waals surface area contributed by atoms with Crippen LogP contribution in [0.15, 0.2) is 36.7 Å². The van der Waals surface area contributed by atoms with E-state index >= 15 is 0 Å². The number of piperidine rings is 1. The van der Waals surface area contributed by atoms with E-state index in [2.05, 4.69) is 19.8 Å². The number of hydrogen-bond donors (Lipinski definition) is 2. The molecule has 180 valence electrons. The van der Waals surface area contributed by atoms with Crippen molar-refractivity contribution in [2.24, 2.45) is 0 Å². The van der Waals surface area contributed by atoms with Crippen molar-refractivity contribution in [3.05, 3.63) is 42.2 Å². The highest BCUT2D eigenvalue weighted by Gasteiger charge is 2.47. The van der Waals surface area contributed by atoms with Gasteiger partial charge in [0.25, 0.3) is 5.92 Å². The number of hydrogen-bond acceptors (Lipinski definition) is 7. The van der Waals surface area contributed by atoms with Gasteiger partial charge in [-0.3, -0.25) is 14.9 Å². The molecule has 34 heavy (non-hydrogen) atoms. The van der Waals surface area contributed by atoms with E-state index in [0.29, 0.717) is 15.8 Å². The minimum atomic E-state index is -3.74. The Bertz CT molecular complexity index is 1210. The van der Waals surface area contributed by atoms with Crippen molar-refractivity contribution >= 4 is 32.6 Å². The highest BCUT2D eigenvalue weighted by molar-refractivity contribution is 7.22. The lowest BCUT2D eigenvalue weighted by Gasteiger charge is -2.40. The van der Waals surface area contributed by atoms with Gasteiger partial charge in [0.15, 0.2) is 16.6 Å². The van der Waals surface area contributed by atoms with Crippen LogP contribution in [-0.4, -0.2) is 52.3 Å². The third-order valence-corrected chi connectivity index (χ3v) is 6.90. The van der Waals surface area contributed by atoms with Crippen molar-refractivity contribution < 1.29 is 41.8 Å². The molecule has 1 aromatic carbocycles. The normalized spacial score (nSPS) is 22.0. The number of fused-ring (bicyclic) bond motifs is 2. The topological polar surface area (TPSA) is 87.8 Å². The minimum absolute atomic E-state index is 0.0281. The molecule has 2 aromatic heterocycles. The van der Waals surface area contributed by atoms with Crippen LogP contribution in [0, 0.1) is 0 Å². The molecule has 1 amide bonds. The lowest BCUT2D eigenvalue weighted by molar-refractivity contribution is -0.904. The Hall–Kier alpha value is -3.19. The zero-order valence-corrected chi connectivity index (χ0v) is 18.5. The van der Waals surface area contributed by atoms with Gasteiger partial charge < -0.3 is 14.8 Å². The van der Waals surface area contributed by atoms with Gasteiger partial charge in [-0.15, -0.1) is 8.78 Å². The third-order valence-electron chi connectivity index (χ3n) is 5.97. The summed E-state index contributed by atoms with van der Waals surface area (Å²) in [6.07, 6.45) is -1.59. The lowest BCUT2D eigenvalue weighted by Crippen LogP contribution is -2.52. The molecular formula is C21H19F4N4O4S+. The van der Waals surface area contributed by atoms with Crippen LogP contribution >= 0.6 is 11.3 Å². The second-order valence-electron chi connectivity index (χ2n) is 8.19. The predicted octanol–water partition coefficient (Wildman–Crippen LogP) is 3.59. The van der Waals surface area contributed by atoms with Crippen molar-refractivity contribution in [3.63, 3.8) is 0 Å². The van der Waals surface area contributed by atoms with Crippen LogP contribution in [0.4, 0.5) is 22.7 Å². The number of benzene rings is 1. The van der Waals surface area contributed by atoms with Crippen LogP contribution in [0.5, 0.6) is 11.5 Å². The summed E-state index contributed by atoms with van der Waals surface area (Å²) in [5.74, 6) is -4.80. The molecule has 5 rings (SSSR count). The Morgan fingerprint density at radius 1 is 1.26 bits per heavy atom. The van der Waals surface area contributed by atoms with Gasteiger partial charge in [-0.1, -0.05) is 11.3 Å². The van der Waals surface area contributed by atoms with E-state index in [9.17, 15) is 27.6 Å². The zero-order valence-electron chi connectivity index (χ0n) is 17.7. The van der Waals surface area contributed by atoms with E-state index in [1.807, 2.05) is 0 Å². The smallest absolute Gasteiger partial charge is 0.395 e. The van der Waals surface area contributed by atoms with E-state index in [1.54, 1.807) is 11.8 Å². The molecule has 13 heteroatoms. The molecule has 4 heterocycles. The lowest BCUT2D eigenvalue weighted by atomic mass is 9.87. The maximum absolute atomic E-state index is 14.6. The second kappa shape index (κ2) is 7.94. The summed E-state index contributed by atoms with van der Waals surface area (Å²) in [7, 11) is 0. The van der Waals surface area contributed by atoms with Crippen LogP contribution in [0.2, 0.25) is 0 Å². The first kappa shape index (κ1) is 22.6. The van der Waals surface area contributed by atoms with Crippen LogP contribution in [0.1, 0.15) is 24.8 Å². The third kappa shape index (κ3) is 4.20. The van der Waals surface area contributed by atoms with Gasteiger partial charge in [0.2, 0.25) is 18.3 Å². The maximum atomic E-state index is 14.6. The number of ether oxygens (including phenoxy) is 2. The number of halogens is 4. The fraction of sp³-hybridized carbons (Fsp3) is 0.381. The number of carbonyl (C=O) groups is 1. The molecule has 0 saturated carbocycles. The number of carbonyl (C=O) groups excluding carboxylic acids is 1. The summed E-state index contributed by atoms with van der Waals surface area (Å²) in [4.78, 5) is 18.8. The fourth-order valence-electron chi connectivity index (χ4n) is 4.09. The van der Waals surface area contributed by atoms with Gasteiger partial charge in [-0.2, -0.15) is 0 Å². The molecule has 2 aliphatic rings. The van der Waals surface area contributed by atoms with E-state index in [4.69, 9.17) is 0 Å². The number of anilines is 1. The van der Waals surface area contributed by atoms with E-state index < -0.39 is 36.5 Å². The summed E-state index contributed by atoms with van der Waals surface area (Å²) in [5, 5.41) is 12.3. The molecule has 8 nitrogen and oxygen atoms in total. The van der Waals surface area contributed by atoms with E-state index in [0.717, 1.165) is 16.1 Å². The molecule has 0 spiro atoms. The van der Waals surface area contributed by atoms with Crippen molar-refractivity contribution in [1.29, 1.82) is 0 Å². The van der Waals surface area contributed by atoms with Crippen LogP contribution in [0.3, 0.4) is 0 Å². The molecule has 1 saturated heterocycles. The molecule has 3 aromatic rings. The number of likely N-dealkylation sites (tertiary alicyclic amines) is 1. The Morgan fingerprint density at radius 2 is 1.94 bits per heavy atom. The average Bonchev–Trinajstić information content (AvgIpc) is 3.28. The summed E-state index contributed by atoms with van der Waals surface area (Å²) in [6.45, 7) is 1.60. The minimum Gasteiger partial charge on any atom is -0.395 e. The number of alkyl halides is 4. The first-order valence-corrected chi connectivity index (χ1v) is 11.2. The summed E-state index contributed by atoms with van der Waals surface area (Å²) in [5.41, 5.74) is 0.706. The molecule has 0 aliphatic carbocycles. The fourth-order valence-corrected chi connectivity index (χ4v) is 4.97. The molecular weight excluding hydrogens is 480 g/mol. The highest BCUT2D eigenvalue weighted by atomic mass is 32.1. The second-order valence-corrected chi connectivity index (χ2v) is 9.22. The first-order chi connectivity index (χ1) is 16.0. The SMILES string of the molecule is CC(C(=O)Nc1nc2cc3c(cc2s1)OC(F)(F)O3)N1CCC(F)(F)C(c2cc[n+](O)cc2)C1. The number of nitrogens with one attached hydrogen (secondary N) is 1. The summed E-state index contributed by atoms with van der Waals surface area (Å²) in [6, 6.07) is 4.78. The van der Waals surface area contributed by atoms with Crippen molar-refractivity contribution in [1.82, 2.24) is 9.88 Å². The van der Waals surface area contributed by atoms with Crippen molar-refractivity contribution in [2.75, 3.05) is 18.4 Å². The number of amides is 1. The number of aromatic nitrogens is 2. The molecule has 2 unspecified atom stereocenters. The van der Waals surface area contributed by atoms with Gasteiger partial charge >= 0.3 is 6.29 Å². The molecule has 0 radical (unpaired) electrons. The molecule has 0 bridgehead atoms. The standard InChI is InChI=1S/C21H18F4N4O4S/c1-11(28-7-4-20(22,23)13(10-28)12-2-5-29(31)6-3-12)18(30)27-19-26-14-8-15-16(9-17(14)34-19)33-21(24,25)32-15/h2-3,5-6,8-9,11,13H,4,7,10H2,1H3,(H-,26,27,30,31)/p+1. The number of rotatable bonds is 4.